The van der Waals surface area contributed by atoms with Gasteiger partial charge in [0.2, 0.25) is 0 Å². The van der Waals surface area contributed by atoms with E-state index in [1.807, 2.05) is 0 Å². The maximum absolute atomic E-state index is 5.69. The fourth-order valence-electron chi connectivity index (χ4n) is 1.28. The van der Waals surface area contributed by atoms with Crippen molar-refractivity contribution < 1.29 is 0 Å². The molecule has 4 heteroatoms. The Morgan fingerprint density at radius 1 is 1.55 bits per heavy atom. The van der Waals surface area contributed by atoms with Gasteiger partial charge in [0, 0.05) is 17.9 Å². The van der Waals surface area contributed by atoms with Crippen LogP contribution in [0.3, 0.4) is 0 Å². The molecule has 1 heterocycles. The van der Waals surface area contributed by atoms with Gasteiger partial charge >= 0.3 is 0 Å². The molecule has 11 heavy (non-hydrogen) atoms. The molecule has 1 saturated heterocycles. The normalized spacial score (nSPS) is 23.6. The number of nitrogens with two attached hydrogens (primary N) is 2. The predicted octanol–water partition coefficient (Wildman–Crippen LogP) is 0.755. The molecule has 1 rings (SSSR count). The molecule has 0 aromatic carbocycles. The number of halogens is 1. The summed E-state index contributed by atoms with van der Waals surface area (Å²) < 4.78 is 0. The summed E-state index contributed by atoms with van der Waals surface area (Å²) >= 11 is 5.59. The smallest absolute Gasteiger partial charge is 0.0637 e. The van der Waals surface area contributed by atoms with Crippen molar-refractivity contribution in [3.05, 3.63) is 11.4 Å². The molecule has 0 saturated carbocycles. The van der Waals surface area contributed by atoms with E-state index in [0.29, 0.717) is 11.6 Å². The zero-order valence-electron chi connectivity index (χ0n) is 6.52. The van der Waals surface area contributed by atoms with Crippen LogP contribution < -0.4 is 11.6 Å². The van der Waals surface area contributed by atoms with Crippen LogP contribution in [-0.4, -0.2) is 17.4 Å². The second kappa shape index (κ2) is 3.83. The van der Waals surface area contributed by atoms with Crippen LogP contribution in [0.1, 0.15) is 19.3 Å². The molecule has 0 radical (unpaired) electrons. The number of rotatable bonds is 1. The highest BCUT2D eigenvalue weighted by Crippen LogP contribution is 2.18. The molecule has 4 N–H and O–H groups in total. The second-order valence-corrected chi connectivity index (χ2v) is 3.02. The van der Waals surface area contributed by atoms with Gasteiger partial charge in [-0.05, 0) is 19.3 Å². The topological polar surface area (TPSA) is 55.3 Å². The average molecular weight is 176 g/mol. The monoisotopic (exact) mass is 175 g/mol. The van der Waals surface area contributed by atoms with Gasteiger partial charge in [-0.3, -0.25) is 0 Å². The molecule has 0 atom stereocenters. The summed E-state index contributed by atoms with van der Waals surface area (Å²) in [4.78, 5) is 0. The lowest BCUT2D eigenvalue weighted by Gasteiger charge is -2.27. The Balaban J connectivity index is 2.67. The van der Waals surface area contributed by atoms with Crippen molar-refractivity contribution in [3.63, 3.8) is 0 Å². The van der Waals surface area contributed by atoms with Gasteiger partial charge in [0.15, 0.2) is 0 Å². The molecular formula is C7H14ClN3. The molecule has 64 valence electrons. The van der Waals surface area contributed by atoms with Gasteiger partial charge in [-0.25, -0.2) is 5.84 Å². The number of hydrogen-bond acceptors (Lipinski definition) is 3. The molecule has 0 amide bonds. The van der Waals surface area contributed by atoms with E-state index in [1.165, 1.54) is 6.42 Å². The summed E-state index contributed by atoms with van der Waals surface area (Å²) in [5.74, 6) is 6.07. The molecule has 1 fully saturated rings. The highest BCUT2D eigenvalue weighted by molar-refractivity contribution is 6.19. The van der Waals surface area contributed by atoms with E-state index in [0.717, 1.165) is 25.1 Å². The molecule has 1 aliphatic heterocycles. The third-order valence-electron chi connectivity index (χ3n) is 1.92. The van der Waals surface area contributed by atoms with E-state index in [-0.39, 0.29) is 0 Å². The van der Waals surface area contributed by atoms with Gasteiger partial charge in [-0.1, -0.05) is 0 Å². The van der Waals surface area contributed by atoms with Crippen LogP contribution in [0.5, 0.6) is 0 Å². The standard InChI is InChI=1S/C7H14ClN3/c8-5-6(9)7-3-1-2-4-11(7)10/h1-5,9-10H2/b7-6-. The first-order valence-electron chi connectivity index (χ1n) is 3.81. The Morgan fingerprint density at radius 3 is 2.82 bits per heavy atom. The average Bonchev–Trinajstić information content (AvgIpc) is 2.04. The zero-order chi connectivity index (χ0) is 8.27. The SMILES string of the molecule is N/C(CCl)=C1/CCCCN1N. The van der Waals surface area contributed by atoms with Crippen LogP contribution in [0.15, 0.2) is 11.4 Å². The fraction of sp³-hybridized carbons (Fsp3) is 0.714. The van der Waals surface area contributed by atoms with E-state index in [4.69, 9.17) is 23.2 Å². The van der Waals surface area contributed by atoms with Crippen molar-refractivity contribution in [1.29, 1.82) is 0 Å². The Kier molecular flexibility index (Phi) is 3.02. The molecule has 0 aromatic rings. The molecular weight excluding hydrogens is 162 g/mol. The van der Waals surface area contributed by atoms with Crippen LogP contribution in [-0.2, 0) is 0 Å². The molecule has 0 bridgehead atoms. The van der Waals surface area contributed by atoms with E-state index >= 15 is 0 Å². The van der Waals surface area contributed by atoms with Crippen molar-refractivity contribution in [3.8, 4) is 0 Å². The van der Waals surface area contributed by atoms with E-state index in [9.17, 15) is 0 Å². The number of piperidine rings is 1. The van der Waals surface area contributed by atoms with Crippen LogP contribution >= 0.6 is 11.6 Å². The molecule has 0 unspecified atom stereocenters. The van der Waals surface area contributed by atoms with Gasteiger partial charge in [-0.2, -0.15) is 0 Å². The lowest BCUT2D eigenvalue weighted by molar-refractivity contribution is 0.295. The summed E-state index contributed by atoms with van der Waals surface area (Å²) in [5.41, 5.74) is 7.40. The van der Waals surface area contributed by atoms with Crippen molar-refractivity contribution in [2.75, 3.05) is 12.4 Å². The maximum atomic E-state index is 5.69. The van der Waals surface area contributed by atoms with E-state index in [2.05, 4.69) is 0 Å². The second-order valence-electron chi connectivity index (χ2n) is 2.76. The number of alkyl halides is 1. The van der Waals surface area contributed by atoms with Crippen LogP contribution in [0.4, 0.5) is 0 Å². The Labute approximate surface area is 71.9 Å². The van der Waals surface area contributed by atoms with Crippen molar-refractivity contribution in [2.45, 2.75) is 19.3 Å². The molecule has 0 spiro atoms. The van der Waals surface area contributed by atoms with Crippen LogP contribution in [0, 0.1) is 0 Å². The summed E-state index contributed by atoms with van der Waals surface area (Å²) in [6, 6.07) is 0. The highest BCUT2D eigenvalue weighted by atomic mass is 35.5. The Bertz CT molecular complexity index is 167. The Morgan fingerprint density at radius 2 is 2.27 bits per heavy atom. The van der Waals surface area contributed by atoms with Crippen molar-refractivity contribution in [1.82, 2.24) is 5.01 Å². The van der Waals surface area contributed by atoms with Gasteiger partial charge < -0.3 is 10.7 Å². The highest BCUT2D eigenvalue weighted by Gasteiger charge is 2.13. The largest absolute Gasteiger partial charge is 0.400 e. The van der Waals surface area contributed by atoms with Crippen LogP contribution in [0.25, 0.3) is 0 Å². The maximum Gasteiger partial charge on any atom is 0.0637 e. The summed E-state index contributed by atoms with van der Waals surface area (Å²) in [7, 11) is 0. The van der Waals surface area contributed by atoms with E-state index in [1.54, 1.807) is 5.01 Å². The quantitative estimate of drug-likeness (QED) is 0.457. The van der Waals surface area contributed by atoms with Gasteiger partial charge in [0.1, 0.15) is 0 Å². The molecule has 3 nitrogen and oxygen atoms in total. The van der Waals surface area contributed by atoms with Gasteiger partial charge in [-0.15, -0.1) is 11.6 Å². The minimum Gasteiger partial charge on any atom is -0.400 e. The van der Waals surface area contributed by atoms with Crippen LogP contribution in [0.2, 0.25) is 0 Å². The number of allylic oxidation sites excluding steroid dienone is 2. The molecule has 0 aromatic heterocycles. The lowest BCUT2D eigenvalue weighted by atomic mass is 10.1. The summed E-state index contributed by atoms with van der Waals surface area (Å²) in [6.07, 6.45) is 3.28. The summed E-state index contributed by atoms with van der Waals surface area (Å²) in [6.45, 7) is 0.896. The first-order chi connectivity index (χ1) is 5.25. The third kappa shape index (κ3) is 2.01. The van der Waals surface area contributed by atoms with Gasteiger partial charge in [0.25, 0.3) is 0 Å². The Hall–Kier alpha value is -0.410. The lowest BCUT2D eigenvalue weighted by Crippen LogP contribution is -2.36. The van der Waals surface area contributed by atoms with Crippen molar-refractivity contribution in [2.24, 2.45) is 11.6 Å². The molecule has 1 aliphatic rings. The number of nitrogens with zero attached hydrogens (tertiary/aromatic N) is 1. The van der Waals surface area contributed by atoms with E-state index < -0.39 is 0 Å². The first kappa shape index (κ1) is 8.68. The number of hydrazine groups is 1. The minimum absolute atomic E-state index is 0.378. The third-order valence-corrected chi connectivity index (χ3v) is 2.21. The summed E-state index contributed by atoms with van der Waals surface area (Å²) in [5, 5.41) is 1.71. The predicted molar refractivity (Wildman–Crippen MR) is 46.7 cm³/mol. The first-order valence-corrected chi connectivity index (χ1v) is 4.35. The van der Waals surface area contributed by atoms with Gasteiger partial charge in [0.05, 0.1) is 5.88 Å². The fourth-order valence-corrected chi connectivity index (χ4v) is 1.43. The minimum atomic E-state index is 0.378. The number of hydrogen-bond donors (Lipinski definition) is 2. The zero-order valence-corrected chi connectivity index (χ0v) is 7.27. The molecule has 0 aliphatic carbocycles. The van der Waals surface area contributed by atoms with Crippen molar-refractivity contribution >= 4 is 11.6 Å².